The van der Waals surface area contributed by atoms with Crippen LogP contribution in [0.4, 0.5) is 0 Å². The zero-order valence-electron chi connectivity index (χ0n) is 10.5. The standard InChI is InChI=1S/C15H24/c1-11(2)6-5-9-15(4)12(3)13-7-8-14(15)10-13/h6,13-14H,3,5,7-10H2,1-2,4H3/t13-,14+,15+/m0/s1. The van der Waals surface area contributed by atoms with Gasteiger partial charge in [-0.05, 0) is 63.2 Å². The normalized spacial score (nSPS) is 38.5. The van der Waals surface area contributed by atoms with Crippen molar-refractivity contribution in [2.45, 2.75) is 52.9 Å². The lowest BCUT2D eigenvalue weighted by Gasteiger charge is -2.36. The number of rotatable bonds is 3. The second kappa shape index (κ2) is 3.81. The van der Waals surface area contributed by atoms with Gasteiger partial charge < -0.3 is 0 Å². The lowest BCUT2D eigenvalue weighted by atomic mass is 9.69. The Morgan fingerprint density at radius 2 is 2.20 bits per heavy atom. The monoisotopic (exact) mass is 204 g/mol. The van der Waals surface area contributed by atoms with Crippen LogP contribution in [0.3, 0.4) is 0 Å². The van der Waals surface area contributed by atoms with Crippen LogP contribution in [0.15, 0.2) is 23.8 Å². The first-order valence-corrected chi connectivity index (χ1v) is 6.36. The second-order valence-corrected chi connectivity index (χ2v) is 5.97. The molecule has 2 aliphatic rings. The second-order valence-electron chi connectivity index (χ2n) is 5.97. The summed E-state index contributed by atoms with van der Waals surface area (Å²) >= 11 is 0. The predicted octanol–water partition coefficient (Wildman–Crippen LogP) is 4.73. The summed E-state index contributed by atoms with van der Waals surface area (Å²) in [5.74, 6) is 1.81. The van der Waals surface area contributed by atoms with E-state index in [1.165, 1.54) is 37.7 Å². The summed E-state index contributed by atoms with van der Waals surface area (Å²) in [6.45, 7) is 11.2. The van der Waals surface area contributed by atoms with Crippen LogP contribution in [0.1, 0.15) is 52.9 Å². The summed E-state index contributed by atoms with van der Waals surface area (Å²) in [5.41, 5.74) is 3.49. The molecule has 0 nitrogen and oxygen atoms in total. The Bertz CT molecular complexity index is 293. The van der Waals surface area contributed by atoms with Crippen molar-refractivity contribution in [1.29, 1.82) is 0 Å². The molecule has 2 fully saturated rings. The number of allylic oxidation sites excluding steroid dienone is 3. The first-order chi connectivity index (χ1) is 7.04. The maximum atomic E-state index is 4.37. The molecular formula is C15H24. The van der Waals surface area contributed by atoms with E-state index in [0.717, 1.165) is 11.8 Å². The van der Waals surface area contributed by atoms with E-state index in [1.807, 2.05) is 0 Å². The third-order valence-corrected chi connectivity index (χ3v) is 4.78. The van der Waals surface area contributed by atoms with E-state index < -0.39 is 0 Å². The molecule has 0 aromatic heterocycles. The fourth-order valence-electron chi connectivity index (χ4n) is 3.63. The van der Waals surface area contributed by atoms with E-state index >= 15 is 0 Å². The molecule has 3 atom stereocenters. The minimum atomic E-state index is 0.467. The summed E-state index contributed by atoms with van der Waals surface area (Å²) in [6.07, 6.45) is 9.24. The Hall–Kier alpha value is -0.520. The van der Waals surface area contributed by atoms with E-state index in [-0.39, 0.29) is 0 Å². The maximum Gasteiger partial charge on any atom is -0.00849 e. The first-order valence-electron chi connectivity index (χ1n) is 6.36. The van der Waals surface area contributed by atoms with Crippen LogP contribution in [-0.4, -0.2) is 0 Å². The molecule has 0 unspecified atom stereocenters. The smallest absolute Gasteiger partial charge is 0.00849 e. The summed E-state index contributed by atoms with van der Waals surface area (Å²) < 4.78 is 0. The molecule has 84 valence electrons. The van der Waals surface area contributed by atoms with E-state index in [9.17, 15) is 0 Å². The first kappa shape index (κ1) is 11.0. The van der Waals surface area contributed by atoms with Gasteiger partial charge in [-0.25, -0.2) is 0 Å². The van der Waals surface area contributed by atoms with Crippen LogP contribution >= 0.6 is 0 Å². The van der Waals surface area contributed by atoms with Crippen molar-refractivity contribution in [3.63, 3.8) is 0 Å². The molecule has 0 N–H and O–H groups in total. The maximum absolute atomic E-state index is 4.37. The van der Waals surface area contributed by atoms with Gasteiger partial charge in [0.15, 0.2) is 0 Å². The number of hydrogen-bond donors (Lipinski definition) is 0. The van der Waals surface area contributed by atoms with Gasteiger partial charge >= 0.3 is 0 Å². The molecule has 0 radical (unpaired) electrons. The molecule has 0 heterocycles. The molecule has 0 spiro atoms. The molecule has 2 saturated carbocycles. The van der Waals surface area contributed by atoms with Crippen LogP contribution in [0, 0.1) is 17.3 Å². The lowest BCUT2D eigenvalue weighted by Crippen LogP contribution is -2.25. The summed E-state index contributed by atoms with van der Waals surface area (Å²) in [4.78, 5) is 0. The minimum Gasteiger partial charge on any atom is -0.0990 e. The van der Waals surface area contributed by atoms with Gasteiger partial charge in [0, 0.05) is 0 Å². The molecule has 2 bridgehead atoms. The van der Waals surface area contributed by atoms with E-state index in [1.54, 1.807) is 5.57 Å². The molecule has 2 rings (SSSR count). The summed E-state index contributed by atoms with van der Waals surface area (Å²) in [5, 5.41) is 0. The fourth-order valence-corrected chi connectivity index (χ4v) is 3.63. The summed E-state index contributed by atoms with van der Waals surface area (Å²) in [7, 11) is 0. The Morgan fingerprint density at radius 3 is 2.73 bits per heavy atom. The molecule has 0 aliphatic heterocycles. The predicted molar refractivity (Wildman–Crippen MR) is 66.7 cm³/mol. The number of fused-ring (bicyclic) bond motifs is 2. The van der Waals surface area contributed by atoms with E-state index in [0.29, 0.717) is 5.41 Å². The highest BCUT2D eigenvalue weighted by molar-refractivity contribution is 5.24. The Labute approximate surface area is 94.5 Å². The molecule has 15 heavy (non-hydrogen) atoms. The van der Waals surface area contributed by atoms with Crippen LogP contribution in [-0.2, 0) is 0 Å². The van der Waals surface area contributed by atoms with Gasteiger partial charge in [0.2, 0.25) is 0 Å². The Balaban J connectivity index is 2.01. The van der Waals surface area contributed by atoms with Gasteiger partial charge in [0.1, 0.15) is 0 Å². The minimum absolute atomic E-state index is 0.467. The lowest BCUT2D eigenvalue weighted by molar-refractivity contribution is 0.241. The highest BCUT2D eigenvalue weighted by Crippen LogP contribution is 2.60. The largest absolute Gasteiger partial charge is 0.0990 e. The molecule has 0 amide bonds. The van der Waals surface area contributed by atoms with Crippen molar-refractivity contribution in [3.05, 3.63) is 23.8 Å². The van der Waals surface area contributed by atoms with Crippen molar-refractivity contribution >= 4 is 0 Å². The van der Waals surface area contributed by atoms with Crippen molar-refractivity contribution < 1.29 is 0 Å². The van der Waals surface area contributed by atoms with Gasteiger partial charge in [-0.3, -0.25) is 0 Å². The highest BCUT2D eigenvalue weighted by Gasteiger charge is 2.49. The SMILES string of the molecule is C=C1[C@H]2CC[C@H](C2)[C@]1(C)CCC=C(C)C. The van der Waals surface area contributed by atoms with Crippen LogP contribution in [0.2, 0.25) is 0 Å². The van der Waals surface area contributed by atoms with Crippen molar-refractivity contribution in [3.8, 4) is 0 Å². The van der Waals surface area contributed by atoms with E-state index in [4.69, 9.17) is 0 Å². The molecule has 0 aromatic carbocycles. The summed E-state index contributed by atoms with van der Waals surface area (Å²) in [6, 6.07) is 0. The highest BCUT2D eigenvalue weighted by atomic mass is 14.5. The van der Waals surface area contributed by atoms with Crippen LogP contribution < -0.4 is 0 Å². The average Bonchev–Trinajstić information content (AvgIpc) is 2.70. The van der Waals surface area contributed by atoms with E-state index in [2.05, 4.69) is 33.4 Å². The van der Waals surface area contributed by atoms with Crippen LogP contribution in [0.25, 0.3) is 0 Å². The zero-order chi connectivity index (χ0) is 11.1. The average molecular weight is 204 g/mol. The van der Waals surface area contributed by atoms with Gasteiger partial charge in [-0.2, -0.15) is 0 Å². The number of hydrogen-bond acceptors (Lipinski definition) is 0. The Morgan fingerprint density at radius 1 is 1.47 bits per heavy atom. The fraction of sp³-hybridized carbons (Fsp3) is 0.733. The van der Waals surface area contributed by atoms with Crippen molar-refractivity contribution in [2.24, 2.45) is 17.3 Å². The quantitative estimate of drug-likeness (QED) is 0.583. The Kier molecular flexibility index (Phi) is 2.79. The molecule has 0 saturated heterocycles. The molecular weight excluding hydrogens is 180 g/mol. The van der Waals surface area contributed by atoms with Gasteiger partial charge in [-0.1, -0.05) is 30.7 Å². The van der Waals surface area contributed by atoms with Gasteiger partial charge in [0.05, 0.1) is 0 Å². The van der Waals surface area contributed by atoms with Gasteiger partial charge in [0.25, 0.3) is 0 Å². The topological polar surface area (TPSA) is 0 Å². The molecule has 0 aromatic rings. The van der Waals surface area contributed by atoms with Crippen molar-refractivity contribution in [1.82, 2.24) is 0 Å². The van der Waals surface area contributed by atoms with Crippen LogP contribution in [0.5, 0.6) is 0 Å². The molecule has 0 heteroatoms. The molecule has 2 aliphatic carbocycles. The van der Waals surface area contributed by atoms with Gasteiger partial charge in [-0.15, -0.1) is 0 Å². The third kappa shape index (κ3) is 1.79. The third-order valence-electron chi connectivity index (χ3n) is 4.78. The zero-order valence-corrected chi connectivity index (χ0v) is 10.5. The van der Waals surface area contributed by atoms with Crippen molar-refractivity contribution in [2.75, 3.05) is 0 Å².